The van der Waals surface area contributed by atoms with Crippen molar-refractivity contribution in [3.63, 3.8) is 0 Å². The molecule has 0 spiro atoms. The van der Waals surface area contributed by atoms with Crippen LogP contribution in [0.5, 0.6) is 0 Å². The molecule has 1 aliphatic heterocycles. The van der Waals surface area contributed by atoms with E-state index < -0.39 is 17.9 Å². The van der Waals surface area contributed by atoms with Crippen molar-refractivity contribution in [1.29, 1.82) is 0 Å². The molecule has 2 aromatic rings. The number of nitrogens with zero attached hydrogens (tertiary/aromatic N) is 2. The number of fused-ring (bicyclic) bond motifs is 1. The van der Waals surface area contributed by atoms with Crippen molar-refractivity contribution < 1.29 is 22.7 Å². The van der Waals surface area contributed by atoms with E-state index >= 15 is 0 Å². The van der Waals surface area contributed by atoms with Crippen LogP contribution in [-0.4, -0.2) is 22.2 Å². The van der Waals surface area contributed by atoms with Crippen molar-refractivity contribution >= 4 is 29.3 Å². The van der Waals surface area contributed by atoms with Crippen LogP contribution in [0.2, 0.25) is 5.02 Å². The van der Waals surface area contributed by atoms with Crippen LogP contribution in [0.1, 0.15) is 29.7 Å². The van der Waals surface area contributed by atoms with Crippen molar-refractivity contribution in [2.75, 3.05) is 11.1 Å². The van der Waals surface area contributed by atoms with E-state index in [2.05, 4.69) is 27.1 Å². The Morgan fingerprint density at radius 3 is 2.79 bits per heavy atom. The van der Waals surface area contributed by atoms with Crippen molar-refractivity contribution in [1.82, 2.24) is 9.97 Å². The van der Waals surface area contributed by atoms with E-state index in [1.54, 1.807) is 6.07 Å². The number of hydrogen-bond acceptors (Lipinski definition) is 5. The Hall–Kier alpha value is -2.99. The fourth-order valence-corrected chi connectivity index (χ4v) is 3.22. The smallest absolute Gasteiger partial charge is 0.415 e. The summed E-state index contributed by atoms with van der Waals surface area (Å²) in [6.07, 6.45) is -3.10. The first-order valence-electron chi connectivity index (χ1n) is 8.67. The molecule has 150 valence electrons. The number of aromatic nitrogens is 2. The van der Waals surface area contributed by atoms with Crippen molar-refractivity contribution in [2.45, 2.75) is 31.0 Å². The second kappa shape index (κ2) is 6.81. The quantitative estimate of drug-likeness (QED) is 0.713. The number of alkyl halides is 3. The van der Waals surface area contributed by atoms with Crippen LogP contribution < -0.4 is 11.1 Å². The Morgan fingerprint density at radius 2 is 2.14 bits per heavy atom. The molecule has 0 saturated heterocycles. The van der Waals surface area contributed by atoms with Gasteiger partial charge in [0.05, 0.1) is 11.4 Å². The third-order valence-corrected chi connectivity index (χ3v) is 4.93. The van der Waals surface area contributed by atoms with Crippen LogP contribution in [0.3, 0.4) is 0 Å². The maximum Gasteiger partial charge on any atom is 0.445 e. The topological polar surface area (TPSA) is 90.1 Å². The van der Waals surface area contributed by atoms with Crippen LogP contribution in [0.15, 0.2) is 24.4 Å². The Morgan fingerprint density at radius 1 is 1.38 bits per heavy atom. The Kier molecular flexibility index (Phi) is 4.54. The van der Waals surface area contributed by atoms with Crippen molar-refractivity contribution in [2.24, 2.45) is 5.92 Å². The second-order valence-corrected chi connectivity index (χ2v) is 7.22. The fraction of sp³-hybridized carbons (Fsp3) is 0.316. The first-order chi connectivity index (χ1) is 13.7. The lowest BCUT2D eigenvalue weighted by Crippen LogP contribution is -2.49. The molecule has 2 aliphatic rings. The molecule has 1 aliphatic carbocycles. The minimum Gasteiger partial charge on any atom is -0.415 e. The van der Waals surface area contributed by atoms with Gasteiger partial charge in [0, 0.05) is 29.1 Å². The van der Waals surface area contributed by atoms with Crippen molar-refractivity contribution in [3.05, 3.63) is 46.2 Å². The number of nitrogens with two attached hydrogens (primary N) is 1. The fourth-order valence-electron chi connectivity index (χ4n) is 2.99. The first-order valence-corrected chi connectivity index (χ1v) is 9.05. The van der Waals surface area contributed by atoms with Crippen LogP contribution in [0, 0.1) is 17.8 Å². The minimum atomic E-state index is -4.95. The normalized spacial score (nSPS) is 20.8. The molecule has 6 nitrogen and oxygen atoms in total. The van der Waals surface area contributed by atoms with Gasteiger partial charge in [-0.05, 0) is 42.5 Å². The maximum atomic E-state index is 14.1. The summed E-state index contributed by atoms with van der Waals surface area (Å²) in [6, 6.07) is 4.11. The van der Waals surface area contributed by atoms with E-state index in [1.807, 2.05) is 0 Å². The summed E-state index contributed by atoms with van der Waals surface area (Å²) in [4.78, 5) is 19.8. The molecular weight excluding hydrogens is 409 g/mol. The van der Waals surface area contributed by atoms with Gasteiger partial charge < -0.3 is 10.5 Å². The second-order valence-electron chi connectivity index (χ2n) is 6.81. The van der Waals surface area contributed by atoms with Gasteiger partial charge in [-0.25, -0.2) is 14.8 Å². The van der Waals surface area contributed by atoms with Gasteiger partial charge in [0.1, 0.15) is 0 Å². The number of halogens is 4. The number of rotatable bonds is 2. The molecule has 0 bridgehead atoms. The third kappa shape index (κ3) is 3.68. The molecule has 29 heavy (non-hydrogen) atoms. The van der Waals surface area contributed by atoms with Gasteiger partial charge in [-0.2, -0.15) is 13.2 Å². The van der Waals surface area contributed by atoms with Crippen LogP contribution in [-0.2, 0) is 16.8 Å². The van der Waals surface area contributed by atoms with E-state index in [1.165, 1.54) is 12.3 Å². The van der Waals surface area contributed by atoms with Crippen molar-refractivity contribution in [3.8, 4) is 11.8 Å². The highest BCUT2D eigenvalue weighted by atomic mass is 35.5. The number of anilines is 2. The number of amides is 1. The summed E-state index contributed by atoms with van der Waals surface area (Å²) < 4.78 is 46.9. The Balaban J connectivity index is 1.81. The molecule has 0 unspecified atom stereocenters. The van der Waals surface area contributed by atoms with Gasteiger partial charge in [-0.15, -0.1) is 0 Å². The number of carbonyl (C=O) groups excluding carboxylic acids is 1. The molecule has 1 aromatic carbocycles. The van der Waals surface area contributed by atoms with E-state index in [-0.39, 0.29) is 34.6 Å². The average molecular weight is 423 g/mol. The highest BCUT2D eigenvalue weighted by Gasteiger charge is 2.62. The molecule has 1 aromatic heterocycles. The monoisotopic (exact) mass is 422 g/mol. The van der Waals surface area contributed by atoms with Crippen LogP contribution in [0.25, 0.3) is 0 Å². The molecule has 3 N–H and O–H groups in total. The lowest BCUT2D eigenvalue weighted by atomic mass is 9.88. The summed E-state index contributed by atoms with van der Waals surface area (Å²) in [7, 11) is 0. The van der Waals surface area contributed by atoms with Crippen LogP contribution >= 0.6 is 11.6 Å². The zero-order valence-corrected chi connectivity index (χ0v) is 15.6. The van der Waals surface area contributed by atoms with E-state index in [0.29, 0.717) is 11.3 Å². The maximum absolute atomic E-state index is 14.1. The molecular formula is C19H14ClF3N4O2. The van der Waals surface area contributed by atoms with Gasteiger partial charge in [-0.1, -0.05) is 17.5 Å². The minimum absolute atomic E-state index is 0.0579. The van der Waals surface area contributed by atoms with Gasteiger partial charge in [0.25, 0.3) is 5.60 Å². The summed E-state index contributed by atoms with van der Waals surface area (Å²) in [5.41, 5.74) is 3.04. The summed E-state index contributed by atoms with van der Waals surface area (Å²) in [5, 5.41) is 2.37. The standard InChI is InChI=1S/C19H14ClF3N4O2/c20-14-9-13-15(8-11(14)7-12-4-6-25-16(24)26-12)27-17(28)29-18(13,19(21,22)23)5-3-10-1-2-10/h4,6,8-10H,1-2,7H2,(H,27,28)(H2,24,25,26)/t18-/m0/s1. The lowest BCUT2D eigenvalue weighted by Gasteiger charge is -2.36. The lowest BCUT2D eigenvalue weighted by molar-refractivity contribution is -0.239. The largest absolute Gasteiger partial charge is 0.445 e. The average Bonchev–Trinajstić information content (AvgIpc) is 3.44. The zero-order chi connectivity index (χ0) is 20.8. The third-order valence-electron chi connectivity index (χ3n) is 4.58. The predicted molar refractivity (Wildman–Crippen MR) is 99.0 cm³/mol. The zero-order valence-electron chi connectivity index (χ0n) is 14.8. The summed E-state index contributed by atoms with van der Waals surface area (Å²) in [6.45, 7) is 0. The summed E-state index contributed by atoms with van der Waals surface area (Å²) in [5.74, 6) is 4.68. The number of nitrogens with one attached hydrogen (secondary N) is 1. The van der Waals surface area contributed by atoms with Gasteiger partial charge in [0.2, 0.25) is 5.95 Å². The van der Waals surface area contributed by atoms with E-state index in [0.717, 1.165) is 18.9 Å². The number of benzene rings is 1. The molecule has 0 radical (unpaired) electrons. The first kappa shape index (κ1) is 19.3. The molecule has 10 heteroatoms. The number of ether oxygens (including phenoxy) is 1. The molecule has 1 amide bonds. The number of nitrogen functional groups attached to an aromatic ring is 1. The molecule has 2 heterocycles. The predicted octanol–water partition coefficient (Wildman–Crippen LogP) is 4.04. The van der Waals surface area contributed by atoms with Crippen LogP contribution in [0.4, 0.5) is 29.6 Å². The molecule has 1 fully saturated rings. The summed E-state index contributed by atoms with van der Waals surface area (Å²) >= 11 is 6.28. The van der Waals surface area contributed by atoms with E-state index in [4.69, 9.17) is 22.1 Å². The number of hydrogen-bond donors (Lipinski definition) is 2. The highest BCUT2D eigenvalue weighted by Crippen LogP contribution is 2.49. The van der Waals surface area contributed by atoms with Gasteiger partial charge in [0.15, 0.2) is 0 Å². The highest BCUT2D eigenvalue weighted by molar-refractivity contribution is 6.31. The molecule has 1 atom stereocenters. The van der Waals surface area contributed by atoms with Gasteiger partial charge >= 0.3 is 12.3 Å². The van der Waals surface area contributed by atoms with Gasteiger partial charge in [-0.3, -0.25) is 5.32 Å². The SMILES string of the molecule is Nc1nccc(Cc2cc3c(cc2Cl)[C@@](C#CC2CC2)(C(F)(F)F)OC(=O)N3)n1. The molecule has 1 saturated carbocycles. The van der Waals surface area contributed by atoms with E-state index in [9.17, 15) is 18.0 Å². The number of carbonyl (C=O) groups is 1. The Labute approximate surface area is 168 Å². The number of cyclic esters (lactones) is 1. The molecule has 4 rings (SSSR count). The Bertz CT molecular complexity index is 1060.